The third kappa shape index (κ3) is 3.20. The van der Waals surface area contributed by atoms with Gasteiger partial charge in [-0.1, -0.05) is 72.3 Å². The Morgan fingerprint density at radius 1 is 0.966 bits per heavy atom. The molecule has 29 heavy (non-hydrogen) atoms. The molecule has 1 aliphatic heterocycles. The van der Waals surface area contributed by atoms with Gasteiger partial charge >= 0.3 is 0 Å². The van der Waals surface area contributed by atoms with E-state index >= 15 is 0 Å². The first kappa shape index (κ1) is 18.3. The van der Waals surface area contributed by atoms with E-state index in [9.17, 15) is 4.79 Å². The summed E-state index contributed by atoms with van der Waals surface area (Å²) in [6.45, 7) is 4.26. The number of pyridine rings is 1. The lowest BCUT2D eigenvalue weighted by Gasteiger charge is -2.18. The molecule has 0 aliphatic carbocycles. The Morgan fingerprint density at radius 2 is 1.76 bits per heavy atom. The van der Waals surface area contributed by atoms with E-state index in [4.69, 9.17) is 0 Å². The lowest BCUT2D eigenvalue weighted by Crippen LogP contribution is -2.23. The van der Waals surface area contributed by atoms with E-state index in [2.05, 4.69) is 80.6 Å². The fourth-order valence-corrected chi connectivity index (χ4v) is 5.73. The number of rotatable bonds is 3. The molecule has 3 aromatic carbocycles. The largest absolute Gasteiger partial charge is 0.299 e. The molecule has 4 aromatic rings. The Labute approximate surface area is 175 Å². The van der Waals surface area contributed by atoms with Crippen LogP contribution in [0.1, 0.15) is 29.7 Å². The number of hydrogen-bond acceptors (Lipinski definition) is 2. The molecule has 1 aliphatic rings. The molecule has 1 aromatic heterocycles. The van der Waals surface area contributed by atoms with Crippen molar-refractivity contribution in [2.75, 3.05) is 5.75 Å². The number of nitrogens with zero attached hydrogens (tertiary/aromatic N) is 1. The molecule has 5 rings (SSSR count). The summed E-state index contributed by atoms with van der Waals surface area (Å²) in [7, 11) is 0. The summed E-state index contributed by atoms with van der Waals surface area (Å²) in [5, 5.41) is 3.61. The Balaban J connectivity index is 1.74. The van der Waals surface area contributed by atoms with Gasteiger partial charge in [0.05, 0.1) is 5.03 Å². The van der Waals surface area contributed by atoms with Gasteiger partial charge in [0.1, 0.15) is 0 Å². The van der Waals surface area contributed by atoms with Crippen molar-refractivity contribution in [1.82, 2.24) is 4.57 Å². The van der Waals surface area contributed by atoms with Crippen LogP contribution in [0.4, 0.5) is 0 Å². The van der Waals surface area contributed by atoms with Gasteiger partial charge in [0.25, 0.3) is 5.56 Å². The van der Waals surface area contributed by atoms with E-state index < -0.39 is 0 Å². The fourth-order valence-electron chi connectivity index (χ4n) is 4.38. The molecule has 144 valence electrons. The molecular weight excluding hydrogens is 374 g/mol. The molecule has 0 radical (unpaired) electrons. The highest BCUT2D eigenvalue weighted by Crippen LogP contribution is 2.41. The minimum Gasteiger partial charge on any atom is -0.299 e. The first-order valence-electron chi connectivity index (χ1n) is 10.1. The van der Waals surface area contributed by atoms with Gasteiger partial charge in [-0.2, -0.15) is 0 Å². The molecule has 1 atom stereocenters. The Hall–Kier alpha value is -2.78. The number of aryl methyl sites for hydroxylation is 1. The lowest BCUT2D eigenvalue weighted by molar-refractivity contribution is 0.564. The smallest absolute Gasteiger partial charge is 0.251 e. The van der Waals surface area contributed by atoms with E-state index in [1.165, 1.54) is 33.0 Å². The second-order valence-corrected chi connectivity index (χ2v) is 8.91. The van der Waals surface area contributed by atoms with Crippen LogP contribution < -0.4 is 5.56 Å². The Bertz CT molecular complexity index is 1280. The van der Waals surface area contributed by atoms with Crippen LogP contribution in [0.3, 0.4) is 0 Å². The van der Waals surface area contributed by atoms with Gasteiger partial charge in [0.15, 0.2) is 0 Å². The summed E-state index contributed by atoms with van der Waals surface area (Å²) < 4.78 is 1.98. The van der Waals surface area contributed by atoms with Crippen molar-refractivity contribution >= 4 is 22.5 Å². The van der Waals surface area contributed by atoms with Crippen LogP contribution in [0, 0.1) is 6.92 Å². The zero-order valence-corrected chi connectivity index (χ0v) is 17.5. The van der Waals surface area contributed by atoms with Crippen molar-refractivity contribution in [2.24, 2.45) is 0 Å². The van der Waals surface area contributed by atoms with Crippen molar-refractivity contribution in [3.05, 3.63) is 99.8 Å². The van der Waals surface area contributed by atoms with Crippen LogP contribution in [-0.2, 0) is 6.42 Å². The number of benzene rings is 3. The van der Waals surface area contributed by atoms with E-state index in [1.807, 2.05) is 22.4 Å². The zero-order chi connectivity index (χ0) is 20.0. The van der Waals surface area contributed by atoms with Crippen LogP contribution in [0.25, 0.3) is 21.9 Å². The molecule has 0 amide bonds. The summed E-state index contributed by atoms with van der Waals surface area (Å²) in [5.41, 5.74) is 6.15. The highest BCUT2D eigenvalue weighted by molar-refractivity contribution is 7.99. The van der Waals surface area contributed by atoms with E-state index in [-0.39, 0.29) is 11.6 Å². The molecule has 0 spiro atoms. The van der Waals surface area contributed by atoms with Crippen LogP contribution in [0.5, 0.6) is 0 Å². The Kier molecular flexibility index (Phi) is 4.56. The van der Waals surface area contributed by atoms with Gasteiger partial charge in [-0.3, -0.25) is 9.36 Å². The third-order valence-electron chi connectivity index (χ3n) is 5.76. The van der Waals surface area contributed by atoms with E-state index in [1.54, 1.807) is 0 Å². The number of aromatic nitrogens is 1. The molecule has 0 N–H and O–H groups in total. The average molecular weight is 398 g/mol. The molecule has 2 heterocycles. The van der Waals surface area contributed by atoms with Crippen molar-refractivity contribution in [3.63, 3.8) is 0 Å². The average Bonchev–Trinajstić information content (AvgIpc) is 3.10. The van der Waals surface area contributed by atoms with Crippen LogP contribution in [0.15, 0.2) is 82.6 Å². The zero-order valence-electron chi connectivity index (χ0n) is 16.7. The minimum absolute atomic E-state index is 0.115. The minimum atomic E-state index is 0.115. The molecule has 3 heteroatoms. The molecular formula is C26H23NOS. The van der Waals surface area contributed by atoms with Crippen LogP contribution in [-0.4, -0.2) is 10.3 Å². The molecule has 0 bridgehead atoms. The first-order valence-corrected chi connectivity index (χ1v) is 11.1. The van der Waals surface area contributed by atoms with Gasteiger partial charge < -0.3 is 0 Å². The maximum absolute atomic E-state index is 13.0. The molecule has 1 unspecified atom stereocenters. The topological polar surface area (TPSA) is 22.0 Å². The summed E-state index contributed by atoms with van der Waals surface area (Å²) in [6, 6.07) is 25.7. The molecule has 0 saturated carbocycles. The van der Waals surface area contributed by atoms with Crippen molar-refractivity contribution in [1.29, 1.82) is 0 Å². The normalized spacial score (nSPS) is 15.6. The standard InChI is InChI=1S/C26H23NOS/c1-17-7-5-11-21(13-17)25-22(15-24(28)27-18(2)16-29-26(25)27)14-20-10-6-9-19-8-3-4-12-23(19)20/h3-13,15,18H,14,16H2,1-2H3. The maximum Gasteiger partial charge on any atom is 0.251 e. The summed E-state index contributed by atoms with van der Waals surface area (Å²) in [5.74, 6) is 0.950. The second kappa shape index (κ2) is 7.23. The monoisotopic (exact) mass is 397 g/mol. The van der Waals surface area contributed by atoms with E-state index in [0.717, 1.165) is 22.8 Å². The predicted octanol–water partition coefficient (Wildman–Crippen LogP) is 6.23. The molecule has 0 fully saturated rings. The number of thioether (sulfide) groups is 1. The van der Waals surface area contributed by atoms with Crippen LogP contribution >= 0.6 is 11.8 Å². The number of fused-ring (bicyclic) bond motifs is 2. The number of hydrogen-bond donors (Lipinski definition) is 0. The van der Waals surface area contributed by atoms with Gasteiger partial charge in [-0.05, 0) is 47.7 Å². The molecule has 2 nitrogen and oxygen atoms in total. The first-order chi connectivity index (χ1) is 14.1. The van der Waals surface area contributed by atoms with Gasteiger partial charge in [0.2, 0.25) is 0 Å². The summed E-state index contributed by atoms with van der Waals surface area (Å²) >= 11 is 1.81. The fraction of sp³-hybridized carbons (Fsp3) is 0.192. The van der Waals surface area contributed by atoms with Gasteiger partial charge in [-0.15, -0.1) is 11.8 Å². The summed E-state index contributed by atoms with van der Waals surface area (Å²) in [6.07, 6.45) is 0.753. The van der Waals surface area contributed by atoms with Crippen molar-refractivity contribution < 1.29 is 0 Å². The SMILES string of the molecule is Cc1cccc(-c2c(Cc3cccc4ccccc34)cc(=O)n3c2SCC3C)c1. The second-order valence-electron chi connectivity index (χ2n) is 7.90. The highest BCUT2D eigenvalue weighted by atomic mass is 32.2. The highest BCUT2D eigenvalue weighted by Gasteiger charge is 2.26. The van der Waals surface area contributed by atoms with Crippen molar-refractivity contribution in [3.8, 4) is 11.1 Å². The van der Waals surface area contributed by atoms with E-state index in [0.29, 0.717) is 0 Å². The van der Waals surface area contributed by atoms with Crippen LogP contribution in [0.2, 0.25) is 0 Å². The predicted molar refractivity (Wildman–Crippen MR) is 123 cm³/mol. The Morgan fingerprint density at radius 3 is 2.62 bits per heavy atom. The quantitative estimate of drug-likeness (QED) is 0.408. The van der Waals surface area contributed by atoms with Gasteiger partial charge in [-0.25, -0.2) is 0 Å². The van der Waals surface area contributed by atoms with Gasteiger partial charge in [0, 0.05) is 23.4 Å². The third-order valence-corrected chi connectivity index (χ3v) is 7.08. The van der Waals surface area contributed by atoms with Crippen molar-refractivity contribution in [2.45, 2.75) is 31.3 Å². The summed E-state index contributed by atoms with van der Waals surface area (Å²) in [4.78, 5) is 13.0. The molecule has 0 saturated heterocycles. The lowest BCUT2D eigenvalue weighted by atomic mass is 9.93. The maximum atomic E-state index is 13.0.